The van der Waals surface area contributed by atoms with Crippen molar-refractivity contribution < 1.29 is 13.2 Å². The molecule has 0 fully saturated rings. The average Bonchev–Trinajstić information content (AvgIpc) is 2.24. The lowest BCUT2D eigenvalue weighted by Gasteiger charge is -2.20. The molecular formula is C10H22BrNO3S. The molecule has 0 atom stereocenters. The summed E-state index contributed by atoms with van der Waals surface area (Å²) in [6, 6.07) is 0. The maximum absolute atomic E-state index is 12.0. The minimum Gasteiger partial charge on any atom is -0.385 e. The van der Waals surface area contributed by atoms with Gasteiger partial charge in [0, 0.05) is 32.1 Å². The number of hydrogen-bond acceptors (Lipinski definition) is 3. The molecule has 16 heavy (non-hydrogen) atoms. The van der Waals surface area contributed by atoms with E-state index in [2.05, 4.69) is 22.9 Å². The van der Waals surface area contributed by atoms with Crippen molar-refractivity contribution in [2.45, 2.75) is 26.2 Å². The molecule has 0 aromatic heterocycles. The van der Waals surface area contributed by atoms with Crippen LogP contribution in [0.4, 0.5) is 0 Å². The van der Waals surface area contributed by atoms with E-state index in [1.54, 1.807) is 11.4 Å². The fraction of sp³-hybridized carbons (Fsp3) is 1.00. The maximum atomic E-state index is 12.0. The minimum atomic E-state index is -3.11. The quantitative estimate of drug-likeness (QED) is 0.456. The van der Waals surface area contributed by atoms with Crippen molar-refractivity contribution in [1.29, 1.82) is 0 Å². The van der Waals surface area contributed by atoms with Crippen LogP contribution in [0.15, 0.2) is 0 Å². The average molecular weight is 316 g/mol. The molecule has 0 spiro atoms. The van der Waals surface area contributed by atoms with Gasteiger partial charge in [0.2, 0.25) is 10.0 Å². The van der Waals surface area contributed by atoms with Gasteiger partial charge in [-0.25, -0.2) is 12.7 Å². The SMILES string of the molecule is CCCCN(CCBr)S(=O)(=O)CCCOC. The van der Waals surface area contributed by atoms with Crippen molar-refractivity contribution in [1.82, 2.24) is 4.31 Å². The van der Waals surface area contributed by atoms with E-state index in [0.717, 1.165) is 12.8 Å². The van der Waals surface area contributed by atoms with Gasteiger partial charge >= 0.3 is 0 Å². The van der Waals surface area contributed by atoms with E-state index < -0.39 is 10.0 Å². The van der Waals surface area contributed by atoms with Crippen molar-refractivity contribution >= 4 is 26.0 Å². The third kappa shape index (κ3) is 6.83. The first-order chi connectivity index (χ1) is 7.58. The number of ether oxygens (including phenoxy) is 1. The van der Waals surface area contributed by atoms with Gasteiger partial charge in [-0.15, -0.1) is 0 Å². The molecule has 0 radical (unpaired) electrons. The van der Waals surface area contributed by atoms with Gasteiger partial charge in [-0.2, -0.15) is 0 Å². The Morgan fingerprint density at radius 2 is 1.94 bits per heavy atom. The maximum Gasteiger partial charge on any atom is 0.214 e. The van der Waals surface area contributed by atoms with Crippen LogP contribution in [0.5, 0.6) is 0 Å². The molecule has 98 valence electrons. The lowest BCUT2D eigenvalue weighted by atomic mass is 10.3. The van der Waals surface area contributed by atoms with Crippen molar-refractivity contribution in [2.75, 3.05) is 37.9 Å². The predicted molar refractivity (Wildman–Crippen MR) is 70.6 cm³/mol. The van der Waals surface area contributed by atoms with Gasteiger partial charge in [-0.05, 0) is 12.8 Å². The molecule has 0 unspecified atom stereocenters. The first kappa shape index (κ1) is 16.4. The normalized spacial score (nSPS) is 12.2. The second kappa shape index (κ2) is 9.39. The zero-order valence-electron chi connectivity index (χ0n) is 10.1. The van der Waals surface area contributed by atoms with Crippen molar-refractivity contribution in [3.05, 3.63) is 0 Å². The Kier molecular flexibility index (Phi) is 9.59. The van der Waals surface area contributed by atoms with E-state index in [1.165, 1.54) is 0 Å². The van der Waals surface area contributed by atoms with Gasteiger partial charge in [-0.3, -0.25) is 0 Å². The Morgan fingerprint density at radius 3 is 2.44 bits per heavy atom. The third-order valence-corrected chi connectivity index (χ3v) is 4.55. The van der Waals surface area contributed by atoms with Crippen LogP contribution < -0.4 is 0 Å². The van der Waals surface area contributed by atoms with E-state index in [9.17, 15) is 8.42 Å². The van der Waals surface area contributed by atoms with E-state index in [1.807, 2.05) is 0 Å². The van der Waals surface area contributed by atoms with Gasteiger partial charge in [0.05, 0.1) is 5.75 Å². The van der Waals surface area contributed by atoms with Crippen LogP contribution >= 0.6 is 15.9 Å². The molecule has 0 saturated carbocycles. The van der Waals surface area contributed by atoms with Crippen LogP contribution in [0.3, 0.4) is 0 Å². The van der Waals surface area contributed by atoms with Gasteiger partial charge in [0.15, 0.2) is 0 Å². The number of methoxy groups -OCH3 is 1. The fourth-order valence-electron chi connectivity index (χ4n) is 1.33. The molecule has 0 aromatic rings. The molecule has 0 rings (SSSR count). The van der Waals surface area contributed by atoms with Crippen LogP contribution in [-0.4, -0.2) is 50.6 Å². The summed E-state index contributed by atoms with van der Waals surface area (Å²) in [4.78, 5) is 0. The number of unbranched alkanes of at least 4 members (excludes halogenated alkanes) is 1. The second-order valence-electron chi connectivity index (χ2n) is 3.60. The second-order valence-corrected chi connectivity index (χ2v) is 6.49. The number of sulfonamides is 1. The summed E-state index contributed by atoms with van der Waals surface area (Å²) in [5, 5.41) is 0.681. The lowest BCUT2D eigenvalue weighted by Crippen LogP contribution is -2.35. The van der Waals surface area contributed by atoms with Gasteiger partial charge < -0.3 is 4.74 Å². The molecule has 0 aliphatic rings. The zero-order valence-corrected chi connectivity index (χ0v) is 12.5. The Hall–Kier alpha value is 0.350. The summed E-state index contributed by atoms with van der Waals surface area (Å²) < 4.78 is 30.3. The molecule has 0 N–H and O–H groups in total. The summed E-state index contributed by atoms with van der Waals surface area (Å²) >= 11 is 3.29. The zero-order chi connectivity index (χ0) is 12.4. The van der Waals surface area contributed by atoms with E-state index in [0.29, 0.717) is 31.4 Å². The highest BCUT2D eigenvalue weighted by Gasteiger charge is 2.20. The Balaban J connectivity index is 4.25. The first-order valence-corrected chi connectivity index (χ1v) is 8.34. The van der Waals surface area contributed by atoms with E-state index in [-0.39, 0.29) is 5.75 Å². The minimum absolute atomic E-state index is 0.178. The molecule has 6 heteroatoms. The molecule has 0 aliphatic carbocycles. The number of alkyl halides is 1. The highest BCUT2D eigenvalue weighted by Crippen LogP contribution is 2.06. The largest absolute Gasteiger partial charge is 0.385 e. The Morgan fingerprint density at radius 1 is 1.25 bits per heavy atom. The molecule has 0 amide bonds. The third-order valence-electron chi connectivity index (χ3n) is 2.24. The summed E-state index contributed by atoms with van der Waals surface area (Å²) in [5.41, 5.74) is 0. The number of nitrogens with zero attached hydrogens (tertiary/aromatic N) is 1. The standard InChI is InChI=1S/C10H22BrNO3S/c1-3-4-7-12(8-6-11)16(13,14)10-5-9-15-2/h3-10H2,1-2H3. The van der Waals surface area contributed by atoms with Crippen LogP contribution in [0, 0.1) is 0 Å². The first-order valence-electron chi connectivity index (χ1n) is 5.61. The van der Waals surface area contributed by atoms with Crippen LogP contribution in [0.1, 0.15) is 26.2 Å². The van der Waals surface area contributed by atoms with Crippen LogP contribution in [0.25, 0.3) is 0 Å². The lowest BCUT2D eigenvalue weighted by molar-refractivity contribution is 0.199. The molecule has 0 aliphatic heterocycles. The molecule has 0 bridgehead atoms. The van der Waals surface area contributed by atoms with Crippen molar-refractivity contribution in [3.63, 3.8) is 0 Å². The summed E-state index contributed by atoms with van der Waals surface area (Å²) in [6.45, 7) is 3.73. The number of rotatable bonds is 10. The molecular weight excluding hydrogens is 294 g/mol. The van der Waals surface area contributed by atoms with Crippen molar-refractivity contribution in [2.24, 2.45) is 0 Å². The monoisotopic (exact) mass is 315 g/mol. The Labute approximate surface area is 108 Å². The molecule has 0 saturated heterocycles. The van der Waals surface area contributed by atoms with Gasteiger partial charge in [-0.1, -0.05) is 29.3 Å². The topological polar surface area (TPSA) is 46.6 Å². The summed E-state index contributed by atoms with van der Waals surface area (Å²) in [6.07, 6.45) is 2.48. The highest BCUT2D eigenvalue weighted by atomic mass is 79.9. The molecule has 0 heterocycles. The number of halogens is 1. The Bertz CT molecular complexity index is 257. The van der Waals surface area contributed by atoms with E-state index >= 15 is 0 Å². The smallest absolute Gasteiger partial charge is 0.214 e. The van der Waals surface area contributed by atoms with Crippen LogP contribution in [-0.2, 0) is 14.8 Å². The van der Waals surface area contributed by atoms with E-state index in [4.69, 9.17) is 4.74 Å². The van der Waals surface area contributed by atoms with Crippen molar-refractivity contribution in [3.8, 4) is 0 Å². The predicted octanol–water partition coefficient (Wildman–Crippen LogP) is 1.85. The van der Waals surface area contributed by atoms with Gasteiger partial charge in [0.25, 0.3) is 0 Å². The summed E-state index contributed by atoms with van der Waals surface area (Å²) in [5.74, 6) is 0.178. The van der Waals surface area contributed by atoms with Gasteiger partial charge in [0.1, 0.15) is 0 Å². The molecule has 0 aromatic carbocycles. The summed E-state index contributed by atoms with van der Waals surface area (Å²) in [7, 11) is -1.52. The number of hydrogen-bond donors (Lipinski definition) is 0. The highest BCUT2D eigenvalue weighted by molar-refractivity contribution is 9.09. The molecule has 4 nitrogen and oxygen atoms in total. The fourth-order valence-corrected chi connectivity index (χ4v) is 3.51. The van der Waals surface area contributed by atoms with Crippen LogP contribution in [0.2, 0.25) is 0 Å².